The number of ether oxygens (including phenoxy) is 2. The van der Waals surface area contributed by atoms with E-state index in [1.54, 1.807) is 17.0 Å². The number of carbonyl (C=O) groups is 2. The third-order valence-corrected chi connectivity index (χ3v) is 5.30. The van der Waals surface area contributed by atoms with Crippen LogP contribution in [0.5, 0.6) is 11.5 Å². The predicted molar refractivity (Wildman–Crippen MR) is 93.8 cm³/mol. The van der Waals surface area contributed by atoms with Gasteiger partial charge < -0.3 is 19.5 Å². The highest BCUT2D eigenvalue weighted by atomic mass is 16.5. The Morgan fingerprint density at radius 3 is 2.50 bits per heavy atom. The molecule has 2 aliphatic heterocycles. The summed E-state index contributed by atoms with van der Waals surface area (Å²) in [5.74, 6) is -1.15. The molecule has 0 aromatic heterocycles. The average Bonchev–Trinajstić information content (AvgIpc) is 2.66. The summed E-state index contributed by atoms with van der Waals surface area (Å²) in [5.41, 5.74) is 2.83. The molecule has 134 valence electrons. The van der Waals surface area contributed by atoms with Gasteiger partial charge >= 0.3 is 5.97 Å². The fourth-order valence-corrected chi connectivity index (χ4v) is 4.12. The van der Waals surface area contributed by atoms with Crippen LogP contribution in [-0.4, -0.2) is 42.6 Å². The molecule has 0 aliphatic carbocycles. The van der Waals surface area contributed by atoms with E-state index in [9.17, 15) is 14.7 Å². The molecule has 6 nitrogen and oxygen atoms in total. The summed E-state index contributed by atoms with van der Waals surface area (Å²) in [7, 11) is 2.99. The Bertz CT molecular complexity index is 907. The van der Waals surface area contributed by atoms with E-state index in [-0.39, 0.29) is 5.91 Å². The quantitative estimate of drug-likeness (QED) is 0.918. The summed E-state index contributed by atoms with van der Waals surface area (Å²) in [6, 6.07) is 10.4. The zero-order valence-electron chi connectivity index (χ0n) is 14.6. The number of methoxy groups -OCH3 is 2. The summed E-state index contributed by atoms with van der Waals surface area (Å²) in [4.78, 5) is 27.0. The molecule has 2 aromatic carbocycles. The molecule has 0 bridgehead atoms. The fourth-order valence-electron chi connectivity index (χ4n) is 4.12. The maximum Gasteiger partial charge on any atom is 0.313 e. The van der Waals surface area contributed by atoms with Crippen molar-refractivity contribution in [2.75, 3.05) is 20.8 Å². The number of amides is 1. The van der Waals surface area contributed by atoms with Gasteiger partial charge in [0.1, 0.15) is 5.92 Å². The van der Waals surface area contributed by atoms with Crippen molar-refractivity contribution < 1.29 is 24.2 Å². The second-order valence-corrected chi connectivity index (χ2v) is 6.50. The zero-order chi connectivity index (χ0) is 18.4. The van der Waals surface area contributed by atoms with Crippen LogP contribution >= 0.6 is 0 Å². The molecule has 1 amide bonds. The van der Waals surface area contributed by atoms with Crippen LogP contribution in [-0.2, 0) is 11.2 Å². The van der Waals surface area contributed by atoms with Crippen molar-refractivity contribution in [1.82, 2.24) is 4.90 Å². The minimum absolute atomic E-state index is 0.169. The van der Waals surface area contributed by atoms with Crippen LogP contribution < -0.4 is 9.47 Å². The number of carboxylic acids is 1. The van der Waals surface area contributed by atoms with Gasteiger partial charge in [0.05, 0.1) is 20.3 Å². The molecule has 1 N–H and O–H groups in total. The smallest absolute Gasteiger partial charge is 0.313 e. The Morgan fingerprint density at radius 2 is 1.81 bits per heavy atom. The molecule has 0 saturated carbocycles. The van der Waals surface area contributed by atoms with E-state index in [1.807, 2.05) is 24.3 Å². The zero-order valence-corrected chi connectivity index (χ0v) is 14.6. The van der Waals surface area contributed by atoms with Gasteiger partial charge in [-0.3, -0.25) is 9.59 Å². The number of carbonyl (C=O) groups excluding carboxylic acids is 1. The second-order valence-electron chi connectivity index (χ2n) is 6.50. The molecule has 4 rings (SSSR count). The maximum atomic E-state index is 13.1. The Balaban J connectivity index is 1.96. The summed E-state index contributed by atoms with van der Waals surface area (Å²) >= 11 is 0. The van der Waals surface area contributed by atoms with Gasteiger partial charge in [-0.2, -0.15) is 0 Å². The maximum absolute atomic E-state index is 13.1. The molecule has 0 saturated heterocycles. The first-order valence-corrected chi connectivity index (χ1v) is 8.44. The molecule has 2 atom stereocenters. The molecular weight excluding hydrogens is 334 g/mol. The topological polar surface area (TPSA) is 76.1 Å². The van der Waals surface area contributed by atoms with E-state index in [2.05, 4.69) is 0 Å². The van der Waals surface area contributed by atoms with E-state index >= 15 is 0 Å². The molecule has 26 heavy (non-hydrogen) atoms. The van der Waals surface area contributed by atoms with Gasteiger partial charge in [0.15, 0.2) is 11.5 Å². The number of benzene rings is 2. The highest BCUT2D eigenvalue weighted by molar-refractivity contribution is 6.01. The molecule has 6 heteroatoms. The lowest BCUT2D eigenvalue weighted by molar-refractivity contribution is -0.140. The summed E-state index contributed by atoms with van der Waals surface area (Å²) in [6.45, 7) is 0.498. The van der Waals surface area contributed by atoms with Gasteiger partial charge in [-0.05, 0) is 35.2 Å². The highest BCUT2D eigenvalue weighted by Gasteiger charge is 2.47. The lowest BCUT2D eigenvalue weighted by Gasteiger charge is -2.44. The molecule has 2 aliphatic rings. The van der Waals surface area contributed by atoms with Gasteiger partial charge in [-0.1, -0.05) is 24.3 Å². The first-order valence-electron chi connectivity index (χ1n) is 8.44. The normalized spacial score (nSPS) is 20.7. The van der Waals surface area contributed by atoms with E-state index in [1.165, 1.54) is 14.2 Å². The molecule has 2 heterocycles. The van der Waals surface area contributed by atoms with Crippen molar-refractivity contribution in [3.8, 4) is 11.5 Å². The van der Waals surface area contributed by atoms with Crippen molar-refractivity contribution in [1.29, 1.82) is 0 Å². The van der Waals surface area contributed by atoms with E-state index < -0.39 is 17.9 Å². The van der Waals surface area contributed by atoms with Crippen molar-refractivity contribution in [3.05, 3.63) is 58.7 Å². The number of nitrogens with zero attached hydrogens (tertiary/aromatic N) is 1. The van der Waals surface area contributed by atoms with Crippen LogP contribution in [0.25, 0.3) is 0 Å². The van der Waals surface area contributed by atoms with Crippen molar-refractivity contribution in [2.45, 2.75) is 18.4 Å². The lowest BCUT2D eigenvalue weighted by Crippen LogP contribution is -2.48. The largest absolute Gasteiger partial charge is 0.493 e. The van der Waals surface area contributed by atoms with Crippen LogP contribution in [0.2, 0.25) is 0 Å². The van der Waals surface area contributed by atoms with Crippen LogP contribution in [0.15, 0.2) is 36.4 Å². The number of rotatable bonds is 3. The summed E-state index contributed by atoms with van der Waals surface area (Å²) in [5, 5.41) is 10.0. The van der Waals surface area contributed by atoms with Crippen LogP contribution in [0.1, 0.15) is 39.0 Å². The van der Waals surface area contributed by atoms with Crippen LogP contribution in [0, 0.1) is 0 Å². The van der Waals surface area contributed by atoms with Gasteiger partial charge in [0.25, 0.3) is 5.91 Å². The Hall–Kier alpha value is -3.02. The van der Waals surface area contributed by atoms with Crippen molar-refractivity contribution in [2.24, 2.45) is 0 Å². The highest BCUT2D eigenvalue weighted by Crippen LogP contribution is 2.48. The third-order valence-electron chi connectivity index (χ3n) is 5.30. The molecule has 0 spiro atoms. The molecular formula is C20H19NO5. The molecule has 0 unspecified atom stereocenters. The van der Waals surface area contributed by atoms with E-state index in [4.69, 9.17) is 9.47 Å². The number of aliphatic carboxylic acids is 1. The average molecular weight is 353 g/mol. The summed E-state index contributed by atoms with van der Waals surface area (Å²) in [6.07, 6.45) is 0.716. The SMILES string of the molecule is COc1cc2c(cc1OC)[C@@H](C(=O)O)[C@H]1c3ccccc3CCN1C2=O. The number of carboxylic acid groups (broad SMARTS) is 1. The number of hydrogen-bond donors (Lipinski definition) is 1. The number of fused-ring (bicyclic) bond motifs is 4. The first-order chi connectivity index (χ1) is 12.6. The fraction of sp³-hybridized carbons (Fsp3) is 0.300. The summed E-state index contributed by atoms with van der Waals surface area (Å²) < 4.78 is 10.6. The molecule has 2 aromatic rings. The first kappa shape index (κ1) is 16.4. The van der Waals surface area contributed by atoms with Gasteiger partial charge in [-0.25, -0.2) is 0 Å². The van der Waals surface area contributed by atoms with Gasteiger partial charge in [-0.15, -0.1) is 0 Å². The van der Waals surface area contributed by atoms with E-state index in [0.717, 1.165) is 11.1 Å². The minimum atomic E-state index is -0.960. The van der Waals surface area contributed by atoms with Crippen LogP contribution in [0.3, 0.4) is 0 Å². The van der Waals surface area contributed by atoms with Crippen molar-refractivity contribution >= 4 is 11.9 Å². The Morgan fingerprint density at radius 1 is 1.12 bits per heavy atom. The standard InChI is InChI=1S/C20H19NO5/c1-25-15-9-13-14(10-16(15)26-2)19(22)21-8-7-11-5-3-4-6-12(11)18(21)17(13)20(23)24/h3-6,9-10,17-18H,7-8H2,1-2H3,(H,23,24)/t17-,18-/m1/s1. The van der Waals surface area contributed by atoms with E-state index in [0.29, 0.717) is 35.6 Å². The predicted octanol–water partition coefficient (Wildman–Crippen LogP) is 2.63. The number of hydrogen-bond acceptors (Lipinski definition) is 4. The minimum Gasteiger partial charge on any atom is -0.493 e. The van der Waals surface area contributed by atoms with Gasteiger partial charge in [0.2, 0.25) is 0 Å². The Labute approximate surface area is 151 Å². The monoisotopic (exact) mass is 353 g/mol. The lowest BCUT2D eigenvalue weighted by atomic mass is 9.76. The molecule has 0 radical (unpaired) electrons. The van der Waals surface area contributed by atoms with Crippen LogP contribution in [0.4, 0.5) is 0 Å². The third kappa shape index (κ3) is 2.25. The van der Waals surface area contributed by atoms with Gasteiger partial charge in [0, 0.05) is 12.1 Å². The second kappa shape index (κ2) is 6.05. The molecule has 0 fully saturated rings. The Kier molecular flexibility index (Phi) is 3.83. The van der Waals surface area contributed by atoms with Crippen molar-refractivity contribution in [3.63, 3.8) is 0 Å².